The van der Waals surface area contributed by atoms with Gasteiger partial charge in [-0.15, -0.1) is 0 Å². The summed E-state index contributed by atoms with van der Waals surface area (Å²) in [6.45, 7) is 1.46. The first-order valence-electron chi connectivity index (χ1n) is 9.02. The summed E-state index contributed by atoms with van der Waals surface area (Å²) in [5, 5.41) is 6.56. The zero-order valence-corrected chi connectivity index (χ0v) is 15.9. The Bertz CT molecular complexity index is 778. The lowest BCUT2D eigenvalue weighted by atomic mass is 10.2. The molecule has 0 unspecified atom stereocenters. The van der Waals surface area contributed by atoms with Gasteiger partial charge in [0.05, 0.1) is 6.21 Å². The number of hydrazone groups is 1. The fourth-order valence-electron chi connectivity index (χ4n) is 2.32. The van der Waals surface area contributed by atoms with Crippen molar-refractivity contribution in [1.29, 1.82) is 0 Å². The van der Waals surface area contributed by atoms with E-state index in [0.29, 0.717) is 31.9 Å². The van der Waals surface area contributed by atoms with Gasteiger partial charge in [-0.05, 0) is 24.1 Å². The lowest BCUT2D eigenvalue weighted by Gasteiger charge is -2.09. The molecule has 7 nitrogen and oxygen atoms in total. The van der Waals surface area contributed by atoms with Gasteiger partial charge in [0.25, 0.3) is 0 Å². The molecule has 0 radical (unpaired) electrons. The summed E-state index contributed by atoms with van der Waals surface area (Å²) >= 11 is 0. The summed E-state index contributed by atoms with van der Waals surface area (Å²) < 4.78 is 10.7. The topological polar surface area (TPSA) is 89.0 Å². The van der Waals surface area contributed by atoms with E-state index in [1.807, 2.05) is 54.6 Å². The van der Waals surface area contributed by atoms with Crippen LogP contribution >= 0.6 is 0 Å². The van der Waals surface area contributed by atoms with Gasteiger partial charge in [-0.3, -0.25) is 9.59 Å². The maximum absolute atomic E-state index is 11.8. The third-order valence-electron chi connectivity index (χ3n) is 3.72. The number of nitrogens with one attached hydrogen (secondary N) is 2. The lowest BCUT2D eigenvalue weighted by Crippen LogP contribution is -2.30. The Morgan fingerprint density at radius 2 is 1.79 bits per heavy atom. The van der Waals surface area contributed by atoms with Crippen LogP contribution in [0.2, 0.25) is 0 Å². The molecule has 2 aromatic carbocycles. The van der Waals surface area contributed by atoms with Crippen molar-refractivity contribution in [3.63, 3.8) is 0 Å². The number of rotatable bonds is 11. The van der Waals surface area contributed by atoms with E-state index in [1.165, 1.54) is 6.21 Å². The van der Waals surface area contributed by atoms with Crippen LogP contribution in [0.4, 0.5) is 0 Å². The number of hydrogen-bond donors (Lipinski definition) is 2. The fourth-order valence-corrected chi connectivity index (χ4v) is 2.32. The average molecular weight is 383 g/mol. The molecule has 0 heterocycles. The molecule has 28 heavy (non-hydrogen) atoms. The van der Waals surface area contributed by atoms with Gasteiger partial charge in [-0.1, -0.05) is 42.5 Å². The number of para-hydroxylation sites is 1. The smallest absolute Gasteiger partial charge is 0.249 e. The molecule has 2 N–H and O–H groups in total. The number of carbonyl (C=O) groups excluding carboxylic acids is 2. The van der Waals surface area contributed by atoms with Crippen LogP contribution in [0.15, 0.2) is 59.7 Å². The quantitative estimate of drug-likeness (QED) is 0.270. The molecule has 0 spiro atoms. The minimum atomic E-state index is -0.483. The number of methoxy groups -OCH3 is 1. The normalized spacial score (nSPS) is 10.6. The van der Waals surface area contributed by atoms with Crippen LogP contribution in [0.5, 0.6) is 5.75 Å². The van der Waals surface area contributed by atoms with E-state index in [4.69, 9.17) is 9.47 Å². The van der Waals surface area contributed by atoms with Gasteiger partial charge >= 0.3 is 0 Å². The summed E-state index contributed by atoms with van der Waals surface area (Å²) in [7, 11) is 1.60. The zero-order chi connectivity index (χ0) is 20.0. The van der Waals surface area contributed by atoms with E-state index in [0.717, 1.165) is 11.1 Å². The number of nitrogens with zero attached hydrogens (tertiary/aromatic N) is 1. The van der Waals surface area contributed by atoms with Crippen molar-refractivity contribution in [3.8, 4) is 5.75 Å². The molecule has 0 aliphatic carbocycles. The van der Waals surface area contributed by atoms with Crippen molar-refractivity contribution in [2.24, 2.45) is 5.10 Å². The van der Waals surface area contributed by atoms with Crippen LogP contribution in [0.3, 0.4) is 0 Å². The molecular weight excluding hydrogens is 358 g/mol. The maximum atomic E-state index is 11.8. The molecule has 0 saturated carbocycles. The molecule has 0 aliphatic heterocycles. The van der Waals surface area contributed by atoms with E-state index in [1.54, 1.807) is 7.11 Å². The predicted octanol–water partition coefficient (Wildman–Crippen LogP) is 2.26. The number of carbonyl (C=O) groups is 2. The fraction of sp³-hybridized carbons (Fsp3) is 0.286. The first-order valence-corrected chi connectivity index (χ1v) is 9.02. The number of benzene rings is 2. The molecule has 148 valence electrons. The van der Waals surface area contributed by atoms with Crippen molar-refractivity contribution in [3.05, 3.63) is 65.7 Å². The molecule has 0 saturated heterocycles. The Hall–Kier alpha value is -3.19. The summed E-state index contributed by atoms with van der Waals surface area (Å²) in [6, 6.07) is 17.2. The molecule has 0 fully saturated rings. The Labute approximate surface area is 164 Å². The zero-order valence-electron chi connectivity index (χ0n) is 15.9. The molecule has 2 rings (SSSR count). The van der Waals surface area contributed by atoms with Gasteiger partial charge in [-0.25, -0.2) is 5.43 Å². The van der Waals surface area contributed by atoms with Crippen molar-refractivity contribution < 1.29 is 19.1 Å². The second-order valence-electron chi connectivity index (χ2n) is 5.98. The molecule has 0 aromatic heterocycles. The highest BCUT2D eigenvalue weighted by atomic mass is 16.5. The van der Waals surface area contributed by atoms with Gasteiger partial charge in [0.1, 0.15) is 18.8 Å². The van der Waals surface area contributed by atoms with Crippen LogP contribution in [0, 0.1) is 0 Å². The Morgan fingerprint density at radius 1 is 1.04 bits per heavy atom. The predicted molar refractivity (Wildman–Crippen MR) is 107 cm³/mol. The molecule has 0 bridgehead atoms. The summed E-state index contributed by atoms with van der Waals surface area (Å²) in [6.07, 6.45) is 1.91. The van der Waals surface area contributed by atoms with Crippen molar-refractivity contribution in [2.45, 2.75) is 19.4 Å². The second-order valence-corrected chi connectivity index (χ2v) is 5.98. The highest BCUT2D eigenvalue weighted by molar-refractivity contribution is 5.97. The van der Waals surface area contributed by atoms with Crippen LogP contribution in [0.1, 0.15) is 24.0 Å². The first kappa shape index (κ1) is 21.1. The van der Waals surface area contributed by atoms with Crippen molar-refractivity contribution in [1.82, 2.24) is 10.7 Å². The Kier molecular flexibility index (Phi) is 9.23. The summed E-state index contributed by atoms with van der Waals surface area (Å²) in [4.78, 5) is 23.4. The van der Waals surface area contributed by atoms with Gasteiger partial charge in [0.15, 0.2) is 0 Å². The highest BCUT2D eigenvalue weighted by Gasteiger charge is 2.08. The van der Waals surface area contributed by atoms with Crippen LogP contribution in [-0.2, 0) is 20.9 Å². The average Bonchev–Trinajstić information content (AvgIpc) is 2.71. The third-order valence-corrected chi connectivity index (χ3v) is 3.72. The largest absolute Gasteiger partial charge is 0.488 e. The van der Waals surface area contributed by atoms with E-state index < -0.39 is 5.91 Å². The minimum absolute atomic E-state index is 0.281. The minimum Gasteiger partial charge on any atom is -0.488 e. The number of ether oxygens (including phenoxy) is 2. The van der Waals surface area contributed by atoms with E-state index in [-0.39, 0.29) is 12.3 Å². The van der Waals surface area contributed by atoms with Gasteiger partial charge in [0.2, 0.25) is 11.8 Å². The number of hydrogen-bond acceptors (Lipinski definition) is 5. The van der Waals surface area contributed by atoms with Gasteiger partial charge in [0, 0.05) is 25.8 Å². The standard InChI is InChI=1S/C21H25N3O4/c1-27-13-7-12-22-20(25)14-21(26)24-23-15-18-10-5-6-11-19(18)28-16-17-8-3-2-4-9-17/h2-6,8-11,15H,7,12-14,16H2,1H3,(H,22,25)(H,24,26)/b23-15+. The van der Waals surface area contributed by atoms with Crippen LogP contribution < -0.4 is 15.5 Å². The molecule has 0 aliphatic rings. The third kappa shape index (κ3) is 8.01. The molecular formula is C21H25N3O4. The summed E-state index contributed by atoms with van der Waals surface area (Å²) in [5.41, 5.74) is 4.13. The summed E-state index contributed by atoms with van der Waals surface area (Å²) in [5.74, 6) is -0.182. The Balaban J connectivity index is 1.80. The first-order chi connectivity index (χ1) is 13.7. The maximum Gasteiger partial charge on any atom is 0.249 e. The monoisotopic (exact) mass is 383 g/mol. The van der Waals surface area contributed by atoms with Crippen molar-refractivity contribution in [2.75, 3.05) is 20.3 Å². The van der Waals surface area contributed by atoms with E-state index in [2.05, 4.69) is 15.8 Å². The SMILES string of the molecule is COCCCNC(=O)CC(=O)N/N=C/c1ccccc1OCc1ccccc1. The molecule has 2 amide bonds. The Morgan fingerprint density at radius 3 is 2.57 bits per heavy atom. The van der Waals surface area contributed by atoms with Crippen LogP contribution in [0.25, 0.3) is 0 Å². The van der Waals surface area contributed by atoms with Crippen molar-refractivity contribution >= 4 is 18.0 Å². The van der Waals surface area contributed by atoms with Gasteiger partial charge in [-0.2, -0.15) is 5.10 Å². The highest BCUT2D eigenvalue weighted by Crippen LogP contribution is 2.17. The van der Waals surface area contributed by atoms with Gasteiger partial charge < -0.3 is 14.8 Å². The second kappa shape index (κ2) is 12.2. The molecule has 0 atom stereocenters. The molecule has 2 aromatic rings. The van der Waals surface area contributed by atoms with E-state index in [9.17, 15) is 9.59 Å². The number of amides is 2. The molecule has 7 heteroatoms. The van der Waals surface area contributed by atoms with E-state index >= 15 is 0 Å². The van der Waals surface area contributed by atoms with Crippen LogP contribution in [-0.4, -0.2) is 38.3 Å². The lowest BCUT2D eigenvalue weighted by molar-refractivity contribution is -0.129.